The van der Waals surface area contributed by atoms with Gasteiger partial charge in [-0.2, -0.15) is 0 Å². The summed E-state index contributed by atoms with van der Waals surface area (Å²) in [5, 5.41) is 3.59. The molecular formula is C21H25ClN2O2. The lowest BCUT2D eigenvalue weighted by Crippen LogP contribution is -2.32. The summed E-state index contributed by atoms with van der Waals surface area (Å²) in [4.78, 5) is 26.1. The standard InChI is InChI=1S/C21H25ClN2O2/c1-14(2)18-7-5-6-8-19(18)23-21(26)11-12-24(16(4)25)20-10-9-17(22)13-15(20)3/h5-10,13-14H,11-12H2,1-4H3,(H,23,26). The molecule has 0 unspecified atom stereocenters. The lowest BCUT2D eigenvalue weighted by atomic mass is 10.0. The molecule has 2 amide bonds. The highest BCUT2D eigenvalue weighted by Gasteiger charge is 2.16. The number of benzene rings is 2. The van der Waals surface area contributed by atoms with Crippen molar-refractivity contribution in [3.05, 3.63) is 58.6 Å². The van der Waals surface area contributed by atoms with E-state index < -0.39 is 0 Å². The van der Waals surface area contributed by atoms with E-state index in [0.29, 0.717) is 17.5 Å². The molecular weight excluding hydrogens is 348 g/mol. The van der Waals surface area contributed by atoms with Gasteiger partial charge in [-0.15, -0.1) is 0 Å². The molecule has 0 saturated heterocycles. The lowest BCUT2D eigenvalue weighted by Gasteiger charge is -2.23. The fourth-order valence-electron chi connectivity index (χ4n) is 2.91. The number of amides is 2. The third-order valence-electron chi connectivity index (χ3n) is 4.25. The van der Waals surface area contributed by atoms with Crippen LogP contribution in [0.5, 0.6) is 0 Å². The molecule has 5 heteroatoms. The van der Waals surface area contributed by atoms with E-state index in [2.05, 4.69) is 19.2 Å². The van der Waals surface area contributed by atoms with Gasteiger partial charge in [0.1, 0.15) is 0 Å². The van der Waals surface area contributed by atoms with Gasteiger partial charge in [-0.1, -0.05) is 43.6 Å². The molecule has 0 bridgehead atoms. The van der Waals surface area contributed by atoms with E-state index in [1.165, 1.54) is 6.92 Å². The van der Waals surface area contributed by atoms with Crippen LogP contribution in [-0.4, -0.2) is 18.4 Å². The monoisotopic (exact) mass is 372 g/mol. The fraction of sp³-hybridized carbons (Fsp3) is 0.333. The van der Waals surface area contributed by atoms with Crippen LogP contribution in [0, 0.1) is 6.92 Å². The summed E-state index contributed by atoms with van der Waals surface area (Å²) >= 11 is 5.99. The van der Waals surface area contributed by atoms with Crippen molar-refractivity contribution in [1.82, 2.24) is 0 Å². The van der Waals surface area contributed by atoms with E-state index in [0.717, 1.165) is 22.5 Å². The number of aryl methyl sites for hydroxylation is 1. The molecule has 2 rings (SSSR count). The quantitative estimate of drug-likeness (QED) is 0.761. The largest absolute Gasteiger partial charge is 0.326 e. The van der Waals surface area contributed by atoms with Crippen molar-refractivity contribution in [2.75, 3.05) is 16.8 Å². The molecule has 1 N–H and O–H groups in total. The molecule has 2 aromatic carbocycles. The summed E-state index contributed by atoms with van der Waals surface area (Å²) in [5.41, 5.74) is 3.60. The van der Waals surface area contributed by atoms with Gasteiger partial charge in [0.15, 0.2) is 0 Å². The molecule has 0 aliphatic rings. The molecule has 0 atom stereocenters. The van der Waals surface area contributed by atoms with Gasteiger partial charge < -0.3 is 10.2 Å². The maximum Gasteiger partial charge on any atom is 0.226 e. The number of carbonyl (C=O) groups is 2. The maximum atomic E-state index is 12.4. The van der Waals surface area contributed by atoms with Crippen LogP contribution in [0.4, 0.5) is 11.4 Å². The average Bonchev–Trinajstić information content (AvgIpc) is 2.56. The molecule has 0 spiro atoms. The molecule has 0 heterocycles. The highest BCUT2D eigenvalue weighted by molar-refractivity contribution is 6.30. The van der Waals surface area contributed by atoms with Crippen molar-refractivity contribution in [2.24, 2.45) is 0 Å². The van der Waals surface area contributed by atoms with Crippen LogP contribution in [0.25, 0.3) is 0 Å². The number of hydrogen-bond donors (Lipinski definition) is 1. The minimum Gasteiger partial charge on any atom is -0.326 e. The second kappa shape index (κ2) is 8.86. The summed E-state index contributed by atoms with van der Waals surface area (Å²) in [7, 11) is 0. The minimum absolute atomic E-state index is 0.106. The number of nitrogens with one attached hydrogen (secondary N) is 1. The van der Waals surface area contributed by atoms with Crippen LogP contribution in [0.3, 0.4) is 0 Å². The first-order chi connectivity index (χ1) is 12.3. The molecule has 4 nitrogen and oxygen atoms in total. The molecule has 2 aromatic rings. The molecule has 26 heavy (non-hydrogen) atoms. The number of hydrogen-bond acceptors (Lipinski definition) is 2. The van der Waals surface area contributed by atoms with E-state index >= 15 is 0 Å². The summed E-state index contributed by atoms with van der Waals surface area (Å²) in [6.45, 7) is 7.89. The smallest absolute Gasteiger partial charge is 0.226 e. The zero-order valence-electron chi connectivity index (χ0n) is 15.7. The van der Waals surface area contributed by atoms with Crippen molar-refractivity contribution >= 4 is 34.8 Å². The van der Waals surface area contributed by atoms with E-state index in [-0.39, 0.29) is 18.2 Å². The molecule has 0 aromatic heterocycles. The van der Waals surface area contributed by atoms with Gasteiger partial charge in [-0.25, -0.2) is 0 Å². The summed E-state index contributed by atoms with van der Waals surface area (Å²) in [6, 6.07) is 13.2. The number of nitrogens with zero attached hydrogens (tertiary/aromatic N) is 1. The fourth-order valence-corrected chi connectivity index (χ4v) is 3.14. The van der Waals surface area contributed by atoms with Crippen LogP contribution in [-0.2, 0) is 9.59 Å². The third-order valence-corrected chi connectivity index (χ3v) is 4.48. The average molecular weight is 373 g/mol. The van der Waals surface area contributed by atoms with Crippen LogP contribution >= 0.6 is 11.6 Å². The summed E-state index contributed by atoms with van der Waals surface area (Å²) in [5.74, 6) is 0.0960. The molecule has 0 aliphatic carbocycles. The van der Waals surface area contributed by atoms with E-state index in [9.17, 15) is 9.59 Å². The third kappa shape index (κ3) is 5.09. The van der Waals surface area contributed by atoms with E-state index in [1.807, 2.05) is 43.3 Å². The Hall–Kier alpha value is -2.33. The molecule has 138 valence electrons. The van der Waals surface area contributed by atoms with Crippen molar-refractivity contribution in [3.8, 4) is 0 Å². The Morgan fingerprint density at radius 1 is 1.15 bits per heavy atom. The van der Waals surface area contributed by atoms with Crippen molar-refractivity contribution < 1.29 is 9.59 Å². The Bertz CT molecular complexity index is 802. The second-order valence-electron chi connectivity index (χ2n) is 6.64. The molecule has 0 fully saturated rings. The van der Waals surface area contributed by atoms with Gasteiger partial charge >= 0.3 is 0 Å². The van der Waals surface area contributed by atoms with Gasteiger partial charge in [-0.05, 0) is 48.2 Å². The summed E-state index contributed by atoms with van der Waals surface area (Å²) in [6.07, 6.45) is 0.216. The minimum atomic E-state index is -0.115. The van der Waals surface area contributed by atoms with Crippen molar-refractivity contribution in [1.29, 1.82) is 0 Å². The van der Waals surface area contributed by atoms with Gasteiger partial charge in [-0.3, -0.25) is 9.59 Å². The highest BCUT2D eigenvalue weighted by Crippen LogP contribution is 2.25. The number of anilines is 2. The van der Waals surface area contributed by atoms with Crippen LogP contribution in [0.2, 0.25) is 5.02 Å². The predicted molar refractivity (Wildman–Crippen MR) is 108 cm³/mol. The Labute approximate surface area is 160 Å². The number of carbonyl (C=O) groups excluding carboxylic acids is 2. The topological polar surface area (TPSA) is 49.4 Å². The van der Waals surface area contributed by atoms with Gasteiger partial charge in [0.05, 0.1) is 0 Å². The normalized spacial score (nSPS) is 10.7. The number of halogens is 1. The molecule has 0 saturated carbocycles. The van der Waals surface area contributed by atoms with Crippen molar-refractivity contribution in [2.45, 2.75) is 40.0 Å². The van der Waals surface area contributed by atoms with Crippen LogP contribution in [0.15, 0.2) is 42.5 Å². The zero-order valence-corrected chi connectivity index (χ0v) is 16.4. The van der Waals surface area contributed by atoms with Crippen molar-refractivity contribution in [3.63, 3.8) is 0 Å². The Balaban J connectivity index is 2.08. The zero-order chi connectivity index (χ0) is 19.3. The molecule has 0 aliphatic heterocycles. The predicted octanol–water partition coefficient (Wildman–Crippen LogP) is 5.15. The first kappa shape index (κ1) is 20.0. The Morgan fingerprint density at radius 3 is 2.46 bits per heavy atom. The van der Waals surface area contributed by atoms with Gasteiger partial charge in [0.25, 0.3) is 0 Å². The Morgan fingerprint density at radius 2 is 1.85 bits per heavy atom. The van der Waals surface area contributed by atoms with Gasteiger partial charge in [0, 0.05) is 36.3 Å². The second-order valence-corrected chi connectivity index (χ2v) is 7.08. The maximum absolute atomic E-state index is 12.4. The number of para-hydroxylation sites is 1. The lowest BCUT2D eigenvalue weighted by molar-refractivity contribution is -0.117. The highest BCUT2D eigenvalue weighted by atomic mass is 35.5. The molecule has 0 radical (unpaired) electrons. The first-order valence-corrected chi connectivity index (χ1v) is 9.10. The summed E-state index contributed by atoms with van der Waals surface area (Å²) < 4.78 is 0. The SMILES string of the molecule is CC(=O)N(CCC(=O)Nc1ccccc1C(C)C)c1ccc(Cl)cc1C. The van der Waals surface area contributed by atoms with E-state index in [4.69, 9.17) is 11.6 Å². The van der Waals surface area contributed by atoms with Gasteiger partial charge in [0.2, 0.25) is 11.8 Å². The number of rotatable bonds is 6. The Kier molecular flexibility index (Phi) is 6.81. The first-order valence-electron chi connectivity index (χ1n) is 8.72. The van der Waals surface area contributed by atoms with E-state index in [1.54, 1.807) is 11.0 Å². The van der Waals surface area contributed by atoms with Crippen LogP contribution in [0.1, 0.15) is 44.2 Å². The van der Waals surface area contributed by atoms with Crippen LogP contribution < -0.4 is 10.2 Å².